The summed E-state index contributed by atoms with van der Waals surface area (Å²) in [4.78, 5) is 23.7. The van der Waals surface area contributed by atoms with Crippen LogP contribution in [0.4, 0.5) is 8.78 Å². The van der Waals surface area contributed by atoms with E-state index in [2.05, 4.69) is 10.9 Å². The number of hydrogen-bond donors (Lipinski definition) is 2. The van der Waals surface area contributed by atoms with Crippen LogP contribution in [0, 0.1) is 5.95 Å². The van der Waals surface area contributed by atoms with Crippen molar-refractivity contribution in [3.8, 4) is 11.1 Å². The first kappa shape index (κ1) is 36.4. The second kappa shape index (κ2) is 18.8. The Morgan fingerprint density at radius 1 is 0.907 bits per heavy atom. The van der Waals surface area contributed by atoms with E-state index in [0.717, 1.165) is 26.3 Å². The van der Waals surface area contributed by atoms with Gasteiger partial charge in [-0.1, -0.05) is 66.5 Å². The number of esters is 1. The fourth-order valence-corrected chi connectivity index (χ4v) is 4.35. The Morgan fingerprint density at radius 3 is 1.95 bits per heavy atom. The lowest BCUT2D eigenvalue weighted by Gasteiger charge is -2.06. The number of ether oxygens (including phenoxy) is 3. The van der Waals surface area contributed by atoms with E-state index in [9.17, 15) is 18.4 Å². The van der Waals surface area contributed by atoms with E-state index in [1.807, 2.05) is 0 Å². The fraction of sp³-hybridized carbons (Fsp3) is 0.379. The first-order valence-electron chi connectivity index (χ1n) is 13.1. The molecule has 0 saturated carbocycles. The number of nitrogens with zero attached hydrogens (tertiary/aromatic N) is 2. The Morgan fingerprint density at radius 2 is 1.42 bits per heavy atom. The molecule has 0 radical (unpaired) electrons. The molecular formula is C29H35Cl3F2N4O5. The number of carbonyl (C=O) groups excluding carboxylic acids is 1. The zero-order valence-corrected chi connectivity index (χ0v) is 25.1. The average molecular weight is 664 g/mol. The van der Waals surface area contributed by atoms with Crippen molar-refractivity contribution >= 4 is 46.3 Å². The van der Waals surface area contributed by atoms with Gasteiger partial charge in [0.2, 0.25) is 11.2 Å². The van der Waals surface area contributed by atoms with E-state index in [4.69, 9.17) is 49.0 Å². The van der Waals surface area contributed by atoms with Gasteiger partial charge in [0.25, 0.3) is 5.56 Å². The van der Waals surface area contributed by atoms with Crippen molar-refractivity contribution < 1.29 is 27.8 Å². The van der Waals surface area contributed by atoms with E-state index in [0.29, 0.717) is 47.5 Å². The van der Waals surface area contributed by atoms with Gasteiger partial charge in [0.15, 0.2) is 0 Å². The van der Waals surface area contributed by atoms with E-state index in [1.165, 1.54) is 33.6 Å². The van der Waals surface area contributed by atoms with Gasteiger partial charge in [-0.2, -0.15) is 8.78 Å². The highest BCUT2D eigenvalue weighted by Gasteiger charge is 2.22. The Bertz CT molecular complexity index is 1370. The van der Waals surface area contributed by atoms with Gasteiger partial charge in [0.05, 0.1) is 46.1 Å². The molecule has 5 rings (SSSR count). The monoisotopic (exact) mass is 662 g/mol. The summed E-state index contributed by atoms with van der Waals surface area (Å²) in [6.45, 7) is 6.80. The fourth-order valence-electron chi connectivity index (χ4n) is 3.92. The molecule has 3 aromatic rings. The van der Waals surface area contributed by atoms with Gasteiger partial charge in [-0.3, -0.25) is 20.3 Å². The largest absolute Gasteiger partial charge is 0.462 e. The molecule has 2 aromatic carbocycles. The molecule has 1 aromatic heterocycles. The number of benzene rings is 2. The highest BCUT2D eigenvalue weighted by atomic mass is 35.5. The summed E-state index contributed by atoms with van der Waals surface area (Å²) in [5.41, 5.74) is 6.29. The zero-order chi connectivity index (χ0) is 30.5. The lowest BCUT2D eigenvalue weighted by atomic mass is 10.1. The third-order valence-electron chi connectivity index (χ3n) is 5.87. The van der Waals surface area contributed by atoms with Gasteiger partial charge in [-0.05, 0) is 42.3 Å². The lowest BCUT2D eigenvalue weighted by molar-refractivity contribution is -0.136. The molecule has 9 nitrogen and oxygen atoms in total. The summed E-state index contributed by atoms with van der Waals surface area (Å²) < 4.78 is 45.2. The molecule has 1 saturated heterocycles. The molecule has 1 fully saturated rings. The van der Waals surface area contributed by atoms with E-state index in [1.54, 1.807) is 31.2 Å². The number of hydrazine groups is 1. The maximum absolute atomic E-state index is 14.4. The van der Waals surface area contributed by atoms with Crippen LogP contribution in [-0.2, 0) is 32.1 Å². The third-order valence-corrected chi connectivity index (χ3v) is 6.56. The van der Waals surface area contributed by atoms with Gasteiger partial charge in [0.1, 0.15) is 11.1 Å². The zero-order valence-electron chi connectivity index (χ0n) is 22.8. The quantitative estimate of drug-likeness (QED) is 0.275. The number of halogens is 5. The summed E-state index contributed by atoms with van der Waals surface area (Å²) in [7, 11) is 0. The van der Waals surface area contributed by atoms with Gasteiger partial charge in [-0.15, -0.1) is 0 Å². The van der Waals surface area contributed by atoms with Crippen LogP contribution in [0.5, 0.6) is 0 Å². The van der Waals surface area contributed by atoms with Crippen molar-refractivity contribution in [3.05, 3.63) is 85.7 Å². The molecule has 236 valence electrons. The van der Waals surface area contributed by atoms with Crippen LogP contribution in [0.3, 0.4) is 0 Å². The Labute approximate surface area is 264 Å². The SMILES string of the molecule is C.C1COCCNN1.CCOC(=O)C(=C(F)Cl)c1ccc(Cl)cc1.O=c1c(-c2ccc(Cl)cc2)c(F)n2n1CCOCC2. The van der Waals surface area contributed by atoms with Crippen molar-refractivity contribution in [2.75, 3.05) is 46.1 Å². The predicted octanol–water partition coefficient (Wildman–Crippen LogP) is 5.67. The molecule has 0 amide bonds. The molecule has 2 N–H and O–H groups in total. The van der Waals surface area contributed by atoms with E-state index >= 15 is 0 Å². The van der Waals surface area contributed by atoms with Crippen molar-refractivity contribution in [3.63, 3.8) is 0 Å². The Balaban J connectivity index is 0.000000244. The molecule has 0 spiro atoms. The Kier molecular flexibility index (Phi) is 15.9. The van der Waals surface area contributed by atoms with Crippen LogP contribution in [0.1, 0.15) is 19.9 Å². The number of fused-ring (bicyclic) bond motifs is 1. The van der Waals surface area contributed by atoms with Crippen molar-refractivity contribution in [1.82, 2.24) is 20.2 Å². The molecule has 14 heteroatoms. The highest BCUT2D eigenvalue weighted by Crippen LogP contribution is 2.25. The van der Waals surface area contributed by atoms with Crippen LogP contribution in [0.15, 0.2) is 58.6 Å². The standard InChI is InChI=1S/C13H12ClFN2O2.C11H9Cl2FO2.C4H10N2O.CH4/c14-10-3-1-9(2-4-10)11-12(15)16-5-7-19-8-6-17(16)13(11)18;1-2-16-11(15)9(10(13)14)7-3-5-8(12)6-4-7;1-3-7-4-2-6-5-1;/h1-4H,5-8H2;3-6H,2H2,1H3;5-6H,1-4H2;1H4. The molecule has 0 atom stereocenters. The lowest BCUT2D eigenvalue weighted by Crippen LogP contribution is -2.32. The number of rotatable bonds is 4. The van der Waals surface area contributed by atoms with Crippen molar-refractivity contribution in [2.24, 2.45) is 0 Å². The highest BCUT2D eigenvalue weighted by molar-refractivity contribution is 6.37. The van der Waals surface area contributed by atoms with Crippen LogP contribution in [-0.4, -0.2) is 61.5 Å². The van der Waals surface area contributed by atoms with E-state index < -0.39 is 17.2 Å². The second-order valence-corrected chi connectivity index (χ2v) is 9.87. The normalized spacial score (nSPS) is 15.0. The summed E-state index contributed by atoms with van der Waals surface area (Å²) in [6.07, 6.45) is 0. The maximum atomic E-state index is 14.4. The van der Waals surface area contributed by atoms with Crippen LogP contribution in [0.2, 0.25) is 10.0 Å². The minimum atomic E-state index is -1.10. The molecule has 0 unspecified atom stereocenters. The van der Waals surface area contributed by atoms with Gasteiger partial charge < -0.3 is 14.2 Å². The van der Waals surface area contributed by atoms with Crippen molar-refractivity contribution in [2.45, 2.75) is 27.4 Å². The molecule has 0 aliphatic carbocycles. The van der Waals surface area contributed by atoms with Crippen molar-refractivity contribution in [1.29, 1.82) is 0 Å². The average Bonchev–Trinajstić information content (AvgIpc) is 3.31. The summed E-state index contributed by atoms with van der Waals surface area (Å²) >= 11 is 16.7. The molecular weight excluding hydrogens is 629 g/mol. The second-order valence-electron chi connectivity index (χ2n) is 8.67. The minimum absolute atomic E-state index is 0. The molecule has 2 aliphatic heterocycles. The van der Waals surface area contributed by atoms with Gasteiger partial charge in [-0.25, -0.2) is 9.48 Å². The summed E-state index contributed by atoms with van der Waals surface area (Å²) in [5.74, 6) is -1.31. The molecule has 3 heterocycles. The number of aromatic nitrogens is 2. The predicted molar refractivity (Wildman–Crippen MR) is 165 cm³/mol. The first-order valence-corrected chi connectivity index (χ1v) is 14.2. The van der Waals surface area contributed by atoms with E-state index in [-0.39, 0.29) is 30.7 Å². The number of hydrogen-bond acceptors (Lipinski definition) is 7. The minimum Gasteiger partial charge on any atom is -0.462 e. The Hall–Kier alpha value is -2.77. The smallest absolute Gasteiger partial charge is 0.342 e. The first-order chi connectivity index (χ1) is 20.2. The molecule has 2 aliphatic rings. The van der Waals surface area contributed by atoms with Crippen LogP contribution in [0.25, 0.3) is 16.7 Å². The topological polar surface area (TPSA) is 95.8 Å². The van der Waals surface area contributed by atoms with Gasteiger partial charge in [0, 0.05) is 23.1 Å². The maximum Gasteiger partial charge on any atom is 0.342 e. The van der Waals surface area contributed by atoms with Gasteiger partial charge >= 0.3 is 5.97 Å². The molecule has 0 bridgehead atoms. The third kappa shape index (κ3) is 10.7. The molecule has 43 heavy (non-hydrogen) atoms. The number of nitrogens with one attached hydrogen (secondary N) is 2. The van der Waals surface area contributed by atoms with Crippen LogP contribution >= 0.6 is 34.8 Å². The number of carbonyl (C=O) groups is 1. The summed E-state index contributed by atoms with van der Waals surface area (Å²) in [5, 5.41) is -0.0545. The van der Waals surface area contributed by atoms with Crippen LogP contribution < -0.4 is 16.4 Å². The summed E-state index contributed by atoms with van der Waals surface area (Å²) in [6, 6.07) is 12.7.